The number of anilines is 1. The van der Waals surface area contributed by atoms with Gasteiger partial charge in [-0.1, -0.05) is 17.7 Å². The molecule has 0 atom stereocenters. The number of hydrogen-bond acceptors (Lipinski definition) is 2. The molecule has 1 aromatic carbocycles. The minimum Gasteiger partial charge on any atom is -0.330 e. The fourth-order valence-electron chi connectivity index (χ4n) is 1.32. The molecule has 0 aliphatic carbocycles. The van der Waals surface area contributed by atoms with Gasteiger partial charge in [0.05, 0.1) is 0 Å². The topological polar surface area (TPSA) is 55.1 Å². The first-order valence-corrected chi connectivity index (χ1v) is 5.77. The van der Waals surface area contributed by atoms with Crippen molar-refractivity contribution in [1.29, 1.82) is 0 Å². The van der Waals surface area contributed by atoms with E-state index in [1.54, 1.807) is 6.07 Å². The molecular weight excluding hydrogens is 224 g/mol. The van der Waals surface area contributed by atoms with Crippen LogP contribution in [-0.2, 0) is 4.79 Å². The summed E-state index contributed by atoms with van der Waals surface area (Å²) in [4.78, 5) is 11.5. The summed E-state index contributed by atoms with van der Waals surface area (Å²) in [5.41, 5.74) is 7.10. The summed E-state index contributed by atoms with van der Waals surface area (Å²) in [6.07, 6.45) is 2.20. The van der Waals surface area contributed by atoms with Crippen LogP contribution in [0.25, 0.3) is 0 Å². The smallest absolute Gasteiger partial charge is 0.224 e. The summed E-state index contributed by atoms with van der Waals surface area (Å²) >= 11 is 5.96. The summed E-state index contributed by atoms with van der Waals surface area (Å²) in [5, 5.41) is 3.47. The molecule has 0 spiro atoms. The Morgan fingerprint density at radius 3 is 2.81 bits per heavy atom. The minimum atomic E-state index is 0.00775. The van der Waals surface area contributed by atoms with Gasteiger partial charge in [0.2, 0.25) is 5.91 Å². The third kappa shape index (κ3) is 4.21. The van der Waals surface area contributed by atoms with Gasteiger partial charge in [0.1, 0.15) is 0 Å². The Balaban J connectivity index is 2.46. The Bertz CT molecular complexity index is 366. The maximum Gasteiger partial charge on any atom is 0.224 e. The van der Waals surface area contributed by atoms with Crippen molar-refractivity contribution < 1.29 is 4.79 Å². The van der Waals surface area contributed by atoms with Gasteiger partial charge in [-0.3, -0.25) is 4.79 Å². The van der Waals surface area contributed by atoms with Gasteiger partial charge >= 0.3 is 0 Å². The Labute approximate surface area is 101 Å². The first kappa shape index (κ1) is 13.0. The molecule has 0 heterocycles. The average molecular weight is 241 g/mol. The van der Waals surface area contributed by atoms with Crippen molar-refractivity contribution in [3.8, 4) is 0 Å². The molecule has 88 valence electrons. The van der Waals surface area contributed by atoms with Gasteiger partial charge in [-0.05, 0) is 44.0 Å². The van der Waals surface area contributed by atoms with Crippen molar-refractivity contribution in [2.75, 3.05) is 11.9 Å². The van der Waals surface area contributed by atoms with E-state index in [1.165, 1.54) is 0 Å². The lowest BCUT2D eigenvalue weighted by molar-refractivity contribution is -0.116. The van der Waals surface area contributed by atoms with E-state index >= 15 is 0 Å². The lowest BCUT2D eigenvalue weighted by atomic mass is 10.2. The van der Waals surface area contributed by atoms with Gasteiger partial charge in [0.15, 0.2) is 0 Å². The van der Waals surface area contributed by atoms with Crippen molar-refractivity contribution in [3.05, 3.63) is 28.8 Å². The highest BCUT2D eigenvalue weighted by molar-refractivity contribution is 6.31. The Kier molecular flexibility index (Phi) is 5.29. The molecule has 3 nitrogen and oxygen atoms in total. The molecule has 4 heteroatoms. The van der Waals surface area contributed by atoms with Crippen LogP contribution in [0.5, 0.6) is 0 Å². The molecule has 0 fully saturated rings. The van der Waals surface area contributed by atoms with Crippen LogP contribution in [0.1, 0.15) is 24.8 Å². The van der Waals surface area contributed by atoms with E-state index < -0.39 is 0 Å². The van der Waals surface area contributed by atoms with Crippen LogP contribution in [-0.4, -0.2) is 12.5 Å². The van der Waals surface area contributed by atoms with Gasteiger partial charge < -0.3 is 11.1 Å². The van der Waals surface area contributed by atoms with Crippen LogP contribution < -0.4 is 11.1 Å². The summed E-state index contributed by atoms with van der Waals surface area (Å²) in [7, 11) is 0. The van der Waals surface area contributed by atoms with Crippen LogP contribution in [0.4, 0.5) is 5.69 Å². The fraction of sp³-hybridized carbons (Fsp3) is 0.417. The molecule has 0 unspecified atom stereocenters. The molecule has 0 radical (unpaired) electrons. The standard InChI is InChI=1S/C12H17ClN2O/c1-9-5-6-10(8-11(9)13)15-12(16)4-2-3-7-14/h5-6,8H,2-4,7,14H2,1H3,(H,15,16). The maximum absolute atomic E-state index is 11.5. The third-order valence-electron chi connectivity index (χ3n) is 2.31. The number of carbonyl (C=O) groups excluding carboxylic acids is 1. The van der Waals surface area contributed by atoms with Crippen LogP contribution in [0.15, 0.2) is 18.2 Å². The molecule has 0 aliphatic heterocycles. The summed E-state index contributed by atoms with van der Waals surface area (Å²) < 4.78 is 0. The molecule has 0 bridgehead atoms. The number of aryl methyl sites for hydroxylation is 1. The van der Waals surface area contributed by atoms with E-state index in [4.69, 9.17) is 17.3 Å². The number of carbonyl (C=O) groups is 1. The van der Waals surface area contributed by atoms with Gasteiger partial charge in [-0.15, -0.1) is 0 Å². The zero-order valence-electron chi connectivity index (χ0n) is 9.42. The molecule has 0 saturated carbocycles. The molecule has 0 aliphatic rings. The SMILES string of the molecule is Cc1ccc(NC(=O)CCCCN)cc1Cl. The van der Waals surface area contributed by atoms with Crippen molar-refractivity contribution >= 4 is 23.2 Å². The van der Waals surface area contributed by atoms with E-state index in [9.17, 15) is 4.79 Å². The largest absolute Gasteiger partial charge is 0.330 e. The number of nitrogens with one attached hydrogen (secondary N) is 1. The van der Waals surface area contributed by atoms with Crippen LogP contribution in [0.3, 0.4) is 0 Å². The lowest BCUT2D eigenvalue weighted by Crippen LogP contribution is -2.12. The summed E-state index contributed by atoms with van der Waals surface area (Å²) in [6, 6.07) is 5.50. The molecular formula is C12H17ClN2O. The molecule has 3 N–H and O–H groups in total. The highest BCUT2D eigenvalue weighted by Crippen LogP contribution is 2.20. The maximum atomic E-state index is 11.5. The Hall–Kier alpha value is -1.06. The summed E-state index contributed by atoms with van der Waals surface area (Å²) in [6.45, 7) is 2.55. The number of halogens is 1. The highest BCUT2D eigenvalue weighted by atomic mass is 35.5. The van der Waals surface area contributed by atoms with Crippen molar-refractivity contribution in [2.24, 2.45) is 5.73 Å². The predicted octanol–water partition coefficient (Wildman–Crippen LogP) is 2.72. The Morgan fingerprint density at radius 1 is 1.44 bits per heavy atom. The van der Waals surface area contributed by atoms with Crippen LogP contribution in [0.2, 0.25) is 5.02 Å². The van der Waals surface area contributed by atoms with E-state index in [1.807, 2.05) is 19.1 Å². The molecule has 0 aromatic heterocycles. The zero-order chi connectivity index (χ0) is 12.0. The second-order valence-electron chi connectivity index (χ2n) is 3.76. The second-order valence-corrected chi connectivity index (χ2v) is 4.17. The Morgan fingerprint density at radius 2 is 2.19 bits per heavy atom. The molecule has 1 rings (SSSR count). The number of benzene rings is 1. The monoisotopic (exact) mass is 240 g/mol. The van der Waals surface area contributed by atoms with E-state index in [0.29, 0.717) is 18.0 Å². The number of rotatable bonds is 5. The number of nitrogens with two attached hydrogens (primary N) is 1. The van der Waals surface area contributed by atoms with Gasteiger partial charge in [-0.25, -0.2) is 0 Å². The van der Waals surface area contributed by atoms with Crippen LogP contribution >= 0.6 is 11.6 Å². The number of amides is 1. The number of unbranched alkanes of at least 4 members (excludes halogenated alkanes) is 1. The first-order valence-electron chi connectivity index (χ1n) is 5.39. The van der Waals surface area contributed by atoms with Crippen LogP contribution in [0, 0.1) is 6.92 Å². The van der Waals surface area contributed by atoms with Crippen molar-refractivity contribution in [3.63, 3.8) is 0 Å². The zero-order valence-corrected chi connectivity index (χ0v) is 10.2. The molecule has 16 heavy (non-hydrogen) atoms. The van der Waals surface area contributed by atoms with Gasteiger partial charge in [-0.2, -0.15) is 0 Å². The first-order chi connectivity index (χ1) is 7.63. The van der Waals surface area contributed by atoms with Crippen molar-refractivity contribution in [2.45, 2.75) is 26.2 Å². The second kappa shape index (κ2) is 6.51. The van der Waals surface area contributed by atoms with Crippen molar-refractivity contribution in [1.82, 2.24) is 0 Å². The third-order valence-corrected chi connectivity index (χ3v) is 2.72. The van der Waals surface area contributed by atoms with Gasteiger partial charge in [0, 0.05) is 17.1 Å². The normalized spacial score (nSPS) is 10.2. The summed E-state index contributed by atoms with van der Waals surface area (Å²) in [5.74, 6) is 0.00775. The molecule has 1 aromatic rings. The average Bonchev–Trinajstić information content (AvgIpc) is 2.24. The van der Waals surface area contributed by atoms with E-state index in [2.05, 4.69) is 5.32 Å². The predicted molar refractivity (Wildman–Crippen MR) is 67.7 cm³/mol. The minimum absolute atomic E-state index is 0.00775. The number of hydrogen-bond donors (Lipinski definition) is 2. The van der Waals surface area contributed by atoms with Gasteiger partial charge in [0.25, 0.3) is 0 Å². The van der Waals surface area contributed by atoms with E-state index in [-0.39, 0.29) is 5.91 Å². The molecule has 0 saturated heterocycles. The fourth-order valence-corrected chi connectivity index (χ4v) is 1.50. The van der Waals surface area contributed by atoms with E-state index in [0.717, 1.165) is 24.1 Å². The highest BCUT2D eigenvalue weighted by Gasteiger charge is 2.03. The molecule has 1 amide bonds. The lowest BCUT2D eigenvalue weighted by Gasteiger charge is -2.06. The quantitative estimate of drug-likeness (QED) is 0.778.